The van der Waals surface area contributed by atoms with E-state index in [1.54, 1.807) is 0 Å². The average molecular weight is 261 g/mol. The molecule has 2 fully saturated rings. The number of rotatable bonds is 3. The molecular weight excluding hydrogens is 241 g/mol. The summed E-state index contributed by atoms with van der Waals surface area (Å²) in [4.78, 5) is 12.1. The molecule has 1 aromatic rings. The molecule has 4 atom stereocenters. The molecule has 0 heterocycles. The molecule has 0 spiro atoms. The van der Waals surface area contributed by atoms with Crippen LogP contribution in [0, 0.1) is 23.6 Å². The van der Waals surface area contributed by atoms with Crippen LogP contribution in [0.4, 0.5) is 4.39 Å². The predicted molar refractivity (Wildman–Crippen MR) is 72.3 cm³/mol. The number of nitrogens with one attached hydrogen (secondary N) is 1. The highest BCUT2D eigenvalue weighted by Gasteiger charge is 2.42. The molecule has 2 aliphatic rings. The van der Waals surface area contributed by atoms with Crippen LogP contribution in [0.25, 0.3) is 0 Å². The van der Waals surface area contributed by atoms with Gasteiger partial charge in [-0.1, -0.05) is 6.42 Å². The maximum absolute atomic E-state index is 12.8. The lowest BCUT2D eigenvalue weighted by Crippen LogP contribution is -2.40. The van der Waals surface area contributed by atoms with Crippen molar-refractivity contribution in [2.24, 2.45) is 17.8 Å². The number of hydrogen-bond donors (Lipinski definition) is 1. The van der Waals surface area contributed by atoms with E-state index >= 15 is 0 Å². The Bertz CT molecular complexity index is 470. The Labute approximate surface area is 113 Å². The summed E-state index contributed by atoms with van der Waals surface area (Å²) in [5.74, 6) is 1.92. The number of hydrogen-bond acceptors (Lipinski definition) is 1. The molecule has 1 aromatic carbocycles. The molecular formula is C16H20FNO. The summed E-state index contributed by atoms with van der Waals surface area (Å²) in [6.45, 7) is 2.10. The van der Waals surface area contributed by atoms with E-state index in [4.69, 9.17) is 0 Å². The second kappa shape index (κ2) is 4.95. The normalized spacial score (nSPS) is 30.3. The molecule has 0 aromatic heterocycles. The first-order chi connectivity index (χ1) is 9.13. The molecule has 19 heavy (non-hydrogen) atoms. The Morgan fingerprint density at radius 1 is 1.26 bits per heavy atom. The molecule has 2 saturated carbocycles. The van der Waals surface area contributed by atoms with Crippen LogP contribution in [0.3, 0.4) is 0 Å². The summed E-state index contributed by atoms with van der Waals surface area (Å²) < 4.78 is 12.8. The second-order valence-electron chi connectivity index (χ2n) is 6.11. The van der Waals surface area contributed by atoms with Gasteiger partial charge >= 0.3 is 0 Å². The highest BCUT2D eigenvalue weighted by Crippen LogP contribution is 2.49. The summed E-state index contributed by atoms with van der Waals surface area (Å²) in [6.07, 6.45) is 5.31. The van der Waals surface area contributed by atoms with Crippen LogP contribution in [-0.2, 0) is 0 Å². The van der Waals surface area contributed by atoms with Gasteiger partial charge in [-0.2, -0.15) is 0 Å². The van der Waals surface area contributed by atoms with Gasteiger partial charge in [-0.05, 0) is 68.2 Å². The van der Waals surface area contributed by atoms with Crippen molar-refractivity contribution in [1.82, 2.24) is 5.32 Å². The van der Waals surface area contributed by atoms with Gasteiger partial charge < -0.3 is 5.32 Å². The topological polar surface area (TPSA) is 29.1 Å². The van der Waals surface area contributed by atoms with E-state index in [2.05, 4.69) is 12.2 Å². The van der Waals surface area contributed by atoms with E-state index in [1.807, 2.05) is 0 Å². The van der Waals surface area contributed by atoms with E-state index in [0.29, 0.717) is 11.5 Å². The van der Waals surface area contributed by atoms with Gasteiger partial charge in [0.25, 0.3) is 5.91 Å². The van der Waals surface area contributed by atoms with Gasteiger partial charge in [0.2, 0.25) is 0 Å². The second-order valence-corrected chi connectivity index (χ2v) is 6.11. The zero-order valence-electron chi connectivity index (χ0n) is 11.2. The Hall–Kier alpha value is -1.38. The first-order valence-electron chi connectivity index (χ1n) is 7.20. The molecule has 1 N–H and O–H groups in total. The molecule has 2 nitrogen and oxygen atoms in total. The van der Waals surface area contributed by atoms with Crippen LogP contribution in [0.2, 0.25) is 0 Å². The third-order valence-electron chi connectivity index (χ3n) is 4.90. The third kappa shape index (κ3) is 2.51. The van der Waals surface area contributed by atoms with Crippen molar-refractivity contribution in [3.05, 3.63) is 35.6 Å². The lowest BCUT2D eigenvalue weighted by atomic mass is 9.84. The van der Waals surface area contributed by atoms with Crippen LogP contribution < -0.4 is 5.32 Å². The maximum Gasteiger partial charge on any atom is 0.251 e. The summed E-state index contributed by atoms with van der Waals surface area (Å²) in [5, 5.41) is 3.08. The Morgan fingerprint density at radius 3 is 2.58 bits per heavy atom. The van der Waals surface area contributed by atoms with Crippen LogP contribution in [-0.4, -0.2) is 11.9 Å². The number of amides is 1. The maximum atomic E-state index is 12.8. The van der Waals surface area contributed by atoms with Gasteiger partial charge in [0.15, 0.2) is 0 Å². The lowest BCUT2D eigenvalue weighted by molar-refractivity contribution is 0.0915. The molecule has 3 rings (SSSR count). The average Bonchev–Trinajstić information content (AvgIpc) is 3.01. The van der Waals surface area contributed by atoms with E-state index in [0.717, 1.165) is 11.8 Å². The standard InChI is InChI=1S/C16H20FNO/c1-10(15-9-11-2-3-13(15)8-11)18-16(19)12-4-6-14(17)7-5-12/h4-7,10-11,13,15H,2-3,8-9H2,1H3,(H,18,19)/t10-,11-,13-,15+/m0/s1. The van der Waals surface area contributed by atoms with E-state index in [-0.39, 0.29) is 17.8 Å². The first kappa shape index (κ1) is 12.6. The minimum Gasteiger partial charge on any atom is -0.349 e. The van der Waals surface area contributed by atoms with Gasteiger partial charge in [0.1, 0.15) is 5.82 Å². The zero-order chi connectivity index (χ0) is 13.4. The summed E-state index contributed by atoms with van der Waals surface area (Å²) in [6, 6.07) is 5.96. The van der Waals surface area contributed by atoms with Gasteiger partial charge in [0.05, 0.1) is 0 Å². The number of benzene rings is 1. The molecule has 1 amide bonds. The van der Waals surface area contributed by atoms with Crippen molar-refractivity contribution in [1.29, 1.82) is 0 Å². The van der Waals surface area contributed by atoms with Gasteiger partial charge in [0, 0.05) is 11.6 Å². The fourth-order valence-electron chi connectivity index (χ4n) is 3.90. The number of fused-ring (bicyclic) bond motifs is 2. The van der Waals surface area contributed by atoms with Crippen LogP contribution in [0.5, 0.6) is 0 Å². The van der Waals surface area contributed by atoms with Crippen LogP contribution in [0.1, 0.15) is 43.0 Å². The van der Waals surface area contributed by atoms with Crippen molar-refractivity contribution in [3.8, 4) is 0 Å². The molecule has 0 unspecified atom stereocenters. The third-order valence-corrected chi connectivity index (χ3v) is 4.90. The largest absolute Gasteiger partial charge is 0.349 e. The predicted octanol–water partition coefficient (Wildman–Crippen LogP) is 3.38. The summed E-state index contributed by atoms with van der Waals surface area (Å²) in [7, 11) is 0. The van der Waals surface area contributed by atoms with Crippen molar-refractivity contribution in [2.45, 2.75) is 38.6 Å². The lowest BCUT2D eigenvalue weighted by Gasteiger charge is -2.28. The Kier molecular flexibility index (Phi) is 3.29. The molecule has 0 saturated heterocycles. The molecule has 102 valence electrons. The highest BCUT2D eigenvalue weighted by molar-refractivity contribution is 5.94. The molecule has 2 bridgehead atoms. The Morgan fingerprint density at radius 2 is 2.00 bits per heavy atom. The van der Waals surface area contributed by atoms with Crippen molar-refractivity contribution < 1.29 is 9.18 Å². The van der Waals surface area contributed by atoms with E-state index in [9.17, 15) is 9.18 Å². The van der Waals surface area contributed by atoms with Crippen molar-refractivity contribution in [2.75, 3.05) is 0 Å². The zero-order valence-corrected chi connectivity index (χ0v) is 11.2. The highest BCUT2D eigenvalue weighted by atomic mass is 19.1. The fraction of sp³-hybridized carbons (Fsp3) is 0.562. The van der Waals surface area contributed by atoms with Crippen molar-refractivity contribution >= 4 is 5.91 Å². The Balaban J connectivity index is 1.61. The number of carbonyl (C=O) groups is 1. The number of halogens is 1. The summed E-state index contributed by atoms with van der Waals surface area (Å²) in [5.41, 5.74) is 0.538. The minimum absolute atomic E-state index is 0.0877. The molecule has 3 heteroatoms. The SMILES string of the molecule is C[C@H](NC(=O)c1ccc(F)cc1)[C@H]1C[C@H]2CC[C@H]1C2. The monoisotopic (exact) mass is 261 g/mol. The van der Waals surface area contributed by atoms with Gasteiger partial charge in [-0.25, -0.2) is 4.39 Å². The molecule has 2 aliphatic carbocycles. The molecule has 0 aliphatic heterocycles. The van der Waals surface area contributed by atoms with E-state index in [1.165, 1.54) is 49.9 Å². The first-order valence-corrected chi connectivity index (χ1v) is 7.20. The smallest absolute Gasteiger partial charge is 0.251 e. The van der Waals surface area contributed by atoms with Crippen LogP contribution in [0.15, 0.2) is 24.3 Å². The van der Waals surface area contributed by atoms with Crippen LogP contribution >= 0.6 is 0 Å². The summed E-state index contributed by atoms with van der Waals surface area (Å²) >= 11 is 0. The van der Waals surface area contributed by atoms with Gasteiger partial charge in [-0.3, -0.25) is 4.79 Å². The fourth-order valence-corrected chi connectivity index (χ4v) is 3.90. The van der Waals surface area contributed by atoms with Crippen molar-refractivity contribution in [3.63, 3.8) is 0 Å². The van der Waals surface area contributed by atoms with E-state index < -0.39 is 0 Å². The molecule has 0 radical (unpaired) electrons. The minimum atomic E-state index is -0.308. The number of carbonyl (C=O) groups excluding carboxylic acids is 1. The van der Waals surface area contributed by atoms with Gasteiger partial charge in [-0.15, -0.1) is 0 Å². The quantitative estimate of drug-likeness (QED) is 0.888.